The van der Waals surface area contributed by atoms with Crippen LogP contribution in [0, 0.1) is 0 Å². The molecular weight excluding hydrogens is 1010 g/mol. The zero-order valence-corrected chi connectivity index (χ0v) is 49.3. The smallest absolute Gasteiger partial charge is 0.462 e. The van der Waals surface area contributed by atoms with Gasteiger partial charge in [-0.2, -0.15) is 0 Å². The van der Waals surface area contributed by atoms with E-state index in [0.29, 0.717) is 25.7 Å². The number of aliphatic hydroxyl groups excluding tert-OH is 1. The highest BCUT2D eigenvalue weighted by molar-refractivity contribution is 7.47. The molecule has 444 valence electrons. The van der Waals surface area contributed by atoms with E-state index in [4.69, 9.17) is 37.0 Å². The number of unbranched alkanes of at least 4 members (excludes halogenated alkanes) is 31. The lowest BCUT2D eigenvalue weighted by Crippen LogP contribution is -2.30. The third-order valence-electron chi connectivity index (χ3n) is 12.9. The summed E-state index contributed by atoms with van der Waals surface area (Å²) in [7, 11) is -9.85. The average molecular weight is 1120 g/mol. The summed E-state index contributed by atoms with van der Waals surface area (Å²) in [5, 5.41) is 10.5. The molecule has 0 aliphatic heterocycles. The molecule has 0 radical (unpaired) electrons. The first-order valence-electron chi connectivity index (χ1n) is 29.8. The molecular formula is C56H108O17P2. The minimum Gasteiger partial charge on any atom is -0.462 e. The van der Waals surface area contributed by atoms with E-state index in [1.165, 1.54) is 89.9 Å². The van der Waals surface area contributed by atoms with Crippen LogP contribution in [0.4, 0.5) is 0 Å². The third-order valence-corrected chi connectivity index (χ3v) is 14.8. The van der Waals surface area contributed by atoms with Crippen molar-refractivity contribution in [2.24, 2.45) is 0 Å². The zero-order chi connectivity index (χ0) is 55.5. The summed E-state index contributed by atoms with van der Waals surface area (Å²) < 4.78 is 67.3. The molecule has 0 saturated carbocycles. The number of carbonyl (C=O) groups is 4. The molecule has 5 atom stereocenters. The molecule has 75 heavy (non-hydrogen) atoms. The molecule has 0 aromatic heterocycles. The number of phosphoric ester groups is 2. The second kappa shape index (κ2) is 51.5. The molecule has 3 N–H and O–H groups in total. The van der Waals surface area contributed by atoms with Gasteiger partial charge in [0.25, 0.3) is 0 Å². The van der Waals surface area contributed by atoms with Gasteiger partial charge in [-0.1, -0.05) is 227 Å². The zero-order valence-electron chi connectivity index (χ0n) is 47.5. The second-order valence-electron chi connectivity index (χ2n) is 20.3. The normalized spacial score (nSPS) is 14.4. The molecule has 2 unspecified atom stereocenters. The summed E-state index contributed by atoms with van der Waals surface area (Å²) in [6.07, 6.45) is 33.9. The van der Waals surface area contributed by atoms with Crippen LogP contribution in [0.25, 0.3) is 0 Å². The number of phosphoric acid groups is 2. The van der Waals surface area contributed by atoms with E-state index >= 15 is 0 Å². The highest BCUT2D eigenvalue weighted by atomic mass is 31.2. The number of aliphatic hydroxyl groups is 1. The molecule has 0 spiro atoms. The Morgan fingerprint density at radius 2 is 0.533 bits per heavy atom. The fourth-order valence-electron chi connectivity index (χ4n) is 8.22. The Kier molecular flexibility index (Phi) is 50.2. The molecule has 17 nitrogen and oxygen atoms in total. The Bertz CT molecular complexity index is 1470. The van der Waals surface area contributed by atoms with Crippen molar-refractivity contribution in [3.63, 3.8) is 0 Å². The van der Waals surface area contributed by atoms with Gasteiger partial charge in [0, 0.05) is 25.7 Å². The maximum Gasteiger partial charge on any atom is 0.472 e. The summed E-state index contributed by atoms with van der Waals surface area (Å²) in [6.45, 7) is 4.70. The maximum absolute atomic E-state index is 12.9. The number of hydrogen-bond acceptors (Lipinski definition) is 15. The fraction of sp³-hybridized carbons (Fsp3) is 0.929. The third kappa shape index (κ3) is 51.3. The van der Waals surface area contributed by atoms with Gasteiger partial charge in [0.2, 0.25) is 0 Å². The van der Waals surface area contributed by atoms with E-state index in [1.807, 2.05) is 0 Å². The first-order chi connectivity index (χ1) is 36.2. The Labute approximate surface area is 454 Å². The van der Waals surface area contributed by atoms with Crippen molar-refractivity contribution in [2.75, 3.05) is 39.6 Å². The highest BCUT2D eigenvalue weighted by Gasteiger charge is 2.30. The van der Waals surface area contributed by atoms with Crippen molar-refractivity contribution < 1.29 is 80.2 Å². The molecule has 0 aliphatic rings. The van der Waals surface area contributed by atoms with Gasteiger partial charge in [-0.05, 0) is 25.7 Å². The van der Waals surface area contributed by atoms with Crippen LogP contribution in [0.3, 0.4) is 0 Å². The number of rotatable bonds is 57. The van der Waals surface area contributed by atoms with Crippen molar-refractivity contribution >= 4 is 39.5 Å². The van der Waals surface area contributed by atoms with Crippen LogP contribution in [-0.4, -0.2) is 96.7 Å². The van der Waals surface area contributed by atoms with Crippen molar-refractivity contribution in [3.8, 4) is 0 Å². The number of hydrogen-bond donors (Lipinski definition) is 3. The van der Waals surface area contributed by atoms with Crippen molar-refractivity contribution in [2.45, 2.75) is 296 Å². The van der Waals surface area contributed by atoms with Crippen LogP contribution in [0.1, 0.15) is 278 Å². The molecule has 0 aliphatic carbocycles. The van der Waals surface area contributed by atoms with Gasteiger partial charge in [0.15, 0.2) is 12.2 Å². The molecule has 0 aromatic carbocycles. The summed E-state index contributed by atoms with van der Waals surface area (Å²) in [5.74, 6) is -2.16. The van der Waals surface area contributed by atoms with Crippen LogP contribution in [-0.2, 0) is 65.4 Å². The van der Waals surface area contributed by atoms with Gasteiger partial charge in [-0.3, -0.25) is 37.3 Å². The molecule has 0 aromatic rings. The van der Waals surface area contributed by atoms with Crippen LogP contribution >= 0.6 is 15.6 Å². The number of ether oxygens (including phenoxy) is 4. The fourth-order valence-corrected chi connectivity index (χ4v) is 9.80. The van der Waals surface area contributed by atoms with Crippen molar-refractivity contribution in [3.05, 3.63) is 0 Å². The molecule has 0 amide bonds. The Hall–Kier alpha value is -1.94. The van der Waals surface area contributed by atoms with E-state index < -0.39 is 97.5 Å². The Morgan fingerprint density at radius 1 is 0.320 bits per heavy atom. The highest BCUT2D eigenvalue weighted by Crippen LogP contribution is 2.45. The summed E-state index contributed by atoms with van der Waals surface area (Å²) in [4.78, 5) is 71.4. The lowest BCUT2D eigenvalue weighted by atomic mass is 10.0. The molecule has 0 saturated heterocycles. The van der Waals surface area contributed by atoms with E-state index in [1.54, 1.807) is 0 Å². The minimum absolute atomic E-state index is 0.103. The Balaban J connectivity index is 5.16. The van der Waals surface area contributed by atoms with E-state index in [2.05, 4.69) is 27.7 Å². The standard InChI is InChI=1S/C56H108O17P2/c1-5-9-13-17-20-22-24-25-26-28-31-35-39-43-56(61)73-52(47-67-54(59)41-37-33-30-27-23-21-18-14-10-6-2)49-71-75(64,65)69-45-50(57)44-68-74(62,63)70-48-51(46-66-53(58)40-36-32-16-12-8-4)72-55(60)42-38-34-29-19-15-11-7-3/h50-52,57H,5-49H2,1-4H3,(H,62,63)(H,64,65)/t50-,51+,52+/m0/s1. The predicted molar refractivity (Wildman–Crippen MR) is 294 cm³/mol. The van der Waals surface area contributed by atoms with Gasteiger partial charge in [-0.15, -0.1) is 0 Å². The van der Waals surface area contributed by atoms with Crippen molar-refractivity contribution in [1.29, 1.82) is 0 Å². The Morgan fingerprint density at radius 3 is 0.787 bits per heavy atom. The quantitative estimate of drug-likeness (QED) is 0.0222. The van der Waals surface area contributed by atoms with E-state index in [0.717, 1.165) is 109 Å². The van der Waals surface area contributed by atoms with Gasteiger partial charge in [0.05, 0.1) is 26.4 Å². The van der Waals surface area contributed by atoms with Crippen LogP contribution < -0.4 is 0 Å². The number of esters is 4. The average Bonchev–Trinajstić information content (AvgIpc) is 3.38. The van der Waals surface area contributed by atoms with Gasteiger partial charge < -0.3 is 33.8 Å². The first kappa shape index (κ1) is 73.1. The van der Waals surface area contributed by atoms with Gasteiger partial charge in [0.1, 0.15) is 19.3 Å². The molecule has 0 rings (SSSR count). The summed E-state index contributed by atoms with van der Waals surface area (Å²) in [5.41, 5.74) is 0. The monoisotopic (exact) mass is 1110 g/mol. The van der Waals surface area contributed by atoms with E-state index in [9.17, 15) is 43.2 Å². The SMILES string of the molecule is CCCCCCCCCCCCCCCC(=O)O[C@H](COC(=O)CCCCCCCCCCCC)COP(=O)(O)OC[C@@H](O)COP(=O)(O)OC[C@@H](COC(=O)CCCCCCC)OC(=O)CCCCCCCCC. The molecule has 19 heteroatoms. The molecule has 0 fully saturated rings. The molecule has 0 heterocycles. The summed E-state index contributed by atoms with van der Waals surface area (Å²) >= 11 is 0. The van der Waals surface area contributed by atoms with Gasteiger partial charge >= 0.3 is 39.5 Å². The van der Waals surface area contributed by atoms with Crippen LogP contribution in [0.2, 0.25) is 0 Å². The predicted octanol–water partition coefficient (Wildman–Crippen LogP) is 14.8. The topological polar surface area (TPSA) is 237 Å². The van der Waals surface area contributed by atoms with Crippen LogP contribution in [0.5, 0.6) is 0 Å². The largest absolute Gasteiger partial charge is 0.472 e. The van der Waals surface area contributed by atoms with Crippen LogP contribution in [0.15, 0.2) is 0 Å². The second-order valence-corrected chi connectivity index (χ2v) is 23.2. The van der Waals surface area contributed by atoms with E-state index in [-0.39, 0.29) is 25.7 Å². The minimum atomic E-state index is -4.93. The maximum atomic E-state index is 12.9. The lowest BCUT2D eigenvalue weighted by Gasteiger charge is -2.21. The number of carbonyl (C=O) groups excluding carboxylic acids is 4. The van der Waals surface area contributed by atoms with Crippen molar-refractivity contribution in [1.82, 2.24) is 0 Å². The molecule has 0 bridgehead atoms. The van der Waals surface area contributed by atoms with Gasteiger partial charge in [-0.25, -0.2) is 9.13 Å². The first-order valence-corrected chi connectivity index (χ1v) is 32.8. The summed E-state index contributed by atoms with van der Waals surface area (Å²) in [6, 6.07) is 0. The lowest BCUT2D eigenvalue weighted by molar-refractivity contribution is -0.161.